The molecule has 0 saturated carbocycles. The van der Waals surface area contributed by atoms with Gasteiger partial charge in [0.25, 0.3) is 0 Å². The molecule has 0 N–H and O–H groups in total. The zero-order valence-corrected chi connectivity index (χ0v) is 12.8. The lowest BCUT2D eigenvalue weighted by Crippen LogP contribution is -2.06. The first-order valence-corrected chi connectivity index (χ1v) is 7.71. The van der Waals surface area contributed by atoms with Crippen LogP contribution in [-0.4, -0.2) is 12.6 Å². The number of hydrogen-bond acceptors (Lipinski definition) is 2. The lowest BCUT2D eigenvalue weighted by molar-refractivity contribution is -0.143. The zero-order valence-electron chi connectivity index (χ0n) is 12.8. The van der Waals surface area contributed by atoms with E-state index in [9.17, 15) is 4.79 Å². The fourth-order valence-corrected chi connectivity index (χ4v) is 1.89. The van der Waals surface area contributed by atoms with E-state index in [4.69, 9.17) is 4.74 Å². The molecule has 0 aromatic carbocycles. The molecule has 0 amide bonds. The van der Waals surface area contributed by atoms with Gasteiger partial charge in [0, 0.05) is 6.42 Å². The van der Waals surface area contributed by atoms with Crippen molar-refractivity contribution in [3.63, 3.8) is 0 Å². The topological polar surface area (TPSA) is 26.3 Å². The molecule has 2 heteroatoms. The largest absolute Gasteiger partial charge is 0.466 e. The number of unbranched alkanes of at least 4 members (excludes halogenated alkanes) is 2. The van der Waals surface area contributed by atoms with Crippen LogP contribution in [0.2, 0.25) is 0 Å². The molecule has 18 heavy (non-hydrogen) atoms. The Bertz CT molecular complexity index is 199. The molecule has 1 atom stereocenters. The van der Waals surface area contributed by atoms with Gasteiger partial charge < -0.3 is 4.74 Å². The van der Waals surface area contributed by atoms with E-state index in [1.54, 1.807) is 0 Å². The fourth-order valence-electron chi connectivity index (χ4n) is 1.89. The molecule has 1 unspecified atom stereocenters. The Morgan fingerprint density at radius 2 is 1.72 bits per heavy atom. The summed E-state index contributed by atoms with van der Waals surface area (Å²) < 4.78 is 5.23. The third-order valence-corrected chi connectivity index (χ3v) is 3.46. The molecule has 0 bridgehead atoms. The van der Waals surface area contributed by atoms with E-state index in [0.717, 1.165) is 31.1 Å². The lowest BCUT2D eigenvalue weighted by atomic mass is 10.0. The Kier molecular flexibility index (Phi) is 11.2. The van der Waals surface area contributed by atoms with Crippen LogP contribution in [0.4, 0.5) is 0 Å². The maximum atomic E-state index is 11.4. The van der Waals surface area contributed by atoms with Crippen LogP contribution < -0.4 is 0 Å². The van der Waals surface area contributed by atoms with Crippen molar-refractivity contribution in [3.8, 4) is 0 Å². The molecule has 0 rings (SSSR count). The average Bonchev–Trinajstić information content (AvgIpc) is 2.33. The first-order valence-electron chi connectivity index (χ1n) is 7.71. The van der Waals surface area contributed by atoms with Crippen molar-refractivity contribution in [3.05, 3.63) is 0 Å². The molecule has 0 spiro atoms. The second-order valence-corrected chi connectivity index (χ2v) is 5.87. The number of carbonyl (C=O) groups is 1. The standard InChI is InChI=1S/C16H32O2/c1-5-15(4)11-9-12-16(17)18-13-8-6-7-10-14(2)3/h14-15H,5-13H2,1-4H3. The highest BCUT2D eigenvalue weighted by Crippen LogP contribution is 2.12. The maximum absolute atomic E-state index is 11.4. The molecule has 108 valence electrons. The van der Waals surface area contributed by atoms with Crippen molar-refractivity contribution in [1.82, 2.24) is 0 Å². The Hall–Kier alpha value is -0.530. The monoisotopic (exact) mass is 256 g/mol. The minimum atomic E-state index is -0.0119. The first kappa shape index (κ1) is 17.5. The number of carbonyl (C=O) groups excluding carboxylic acids is 1. The molecule has 0 saturated heterocycles. The summed E-state index contributed by atoms with van der Waals surface area (Å²) in [6.07, 6.45) is 8.64. The van der Waals surface area contributed by atoms with Crippen molar-refractivity contribution >= 4 is 5.97 Å². The summed E-state index contributed by atoms with van der Waals surface area (Å²) in [6.45, 7) is 9.54. The van der Waals surface area contributed by atoms with Crippen LogP contribution in [0.5, 0.6) is 0 Å². The third-order valence-electron chi connectivity index (χ3n) is 3.46. The molecule has 0 aliphatic rings. The van der Waals surface area contributed by atoms with Crippen LogP contribution in [0, 0.1) is 11.8 Å². The van der Waals surface area contributed by atoms with E-state index in [2.05, 4.69) is 27.7 Å². The fraction of sp³-hybridized carbons (Fsp3) is 0.938. The Morgan fingerprint density at radius 3 is 2.33 bits per heavy atom. The summed E-state index contributed by atoms with van der Waals surface area (Å²) in [5.74, 6) is 1.50. The van der Waals surface area contributed by atoms with Crippen LogP contribution in [-0.2, 0) is 9.53 Å². The van der Waals surface area contributed by atoms with Crippen molar-refractivity contribution in [2.75, 3.05) is 6.61 Å². The normalized spacial score (nSPS) is 12.7. The average molecular weight is 256 g/mol. The zero-order chi connectivity index (χ0) is 13.8. The van der Waals surface area contributed by atoms with Crippen LogP contribution in [0.15, 0.2) is 0 Å². The van der Waals surface area contributed by atoms with Gasteiger partial charge in [-0.25, -0.2) is 0 Å². The highest BCUT2D eigenvalue weighted by molar-refractivity contribution is 5.69. The molecule has 2 nitrogen and oxygen atoms in total. The number of ether oxygens (including phenoxy) is 1. The smallest absolute Gasteiger partial charge is 0.305 e. The van der Waals surface area contributed by atoms with Gasteiger partial charge in [-0.1, -0.05) is 59.8 Å². The van der Waals surface area contributed by atoms with E-state index in [1.807, 2.05) is 0 Å². The second kappa shape index (κ2) is 11.6. The summed E-state index contributed by atoms with van der Waals surface area (Å²) in [7, 11) is 0. The molecular weight excluding hydrogens is 224 g/mol. The minimum Gasteiger partial charge on any atom is -0.466 e. The second-order valence-electron chi connectivity index (χ2n) is 5.87. The molecule has 0 aromatic heterocycles. The molecule has 0 aliphatic carbocycles. The molecular formula is C16H32O2. The minimum absolute atomic E-state index is 0.0119. The van der Waals surface area contributed by atoms with Gasteiger partial charge >= 0.3 is 5.97 Å². The molecule has 0 aliphatic heterocycles. The van der Waals surface area contributed by atoms with Crippen LogP contribution in [0.25, 0.3) is 0 Å². The van der Waals surface area contributed by atoms with Gasteiger partial charge in [-0.3, -0.25) is 4.79 Å². The Morgan fingerprint density at radius 1 is 1.00 bits per heavy atom. The van der Waals surface area contributed by atoms with Crippen molar-refractivity contribution in [2.45, 2.75) is 79.1 Å². The van der Waals surface area contributed by atoms with Gasteiger partial charge in [-0.2, -0.15) is 0 Å². The summed E-state index contributed by atoms with van der Waals surface area (Å²) in [5.41, 5.74) is 0. The van der Waals surface area contributed by atoms with E-state index in [-0.39, 0.29) is 5.97 Å². The van der Waals surface area contributed by atoms with E-state index >= 15 is 0 Å². The van der Waals surface area contributed by atoms with Crippen LogP contribution >= 0.6 is 0 Å². The number of hydrogen-bond donors (Lipinski definition) is 0. The number of rotatable bonds is 11. The predicted molar refractivity (Wildman–Crippen MR) is 77.6 cm³/mol. The van der Waals surface area contributed by atoms with Crippen molar-refractivity contribution in [2.24, 2.45) is 11.8 Å². The summed E-state index contributed by atoms with van der Waals surface area (Å²) in [4.78, 5) is 11.4. The van der Waals surface area contributed by atoms with Gasteiger partial charge in [0.15, 0.2) is 0 Å². The Labute approximate surface area is 113 Å². The molecule has 0 aromatic rings. The van der Waals surface area contributed by atoms with Gasteiger partial charge in [0.2, 0.25) is 0 Å². The van der Waals surface area contributed by atoms with E-state index in [1.165, 1.54) is 25.7 Å². The summed E-state index contributed by atoms with van der Waals surface area (Å²) in [6, 6.07) is 0. The molecule has 0 heterocycles. The van der Waals surface area contributed by atoms with Crippen molar-refractivity contribution in [1.29, 1.82) is 0 Å². The van der Waals surface area contributed by atoms with Crippen LogP contribution in [0.1, 0.15) is 79.1 Å². The Balaban J connectivity index is 3.27. The van der Waals surface area contributed by atoms with Crippen molar-refractivity contribution < 1.29 is 9.53 Å². The summed E-state index contributed by atoms with van der Waals surface area (Å²) >= 11 is 0. The summed E-state index contributed by atoms with van der Waals surface area (Å²) in [5, 5.41) is 0. The highest BCUT2D eigenvalue weighted by atomic mass is 16.5. The van der Waals surface area contributed by atoms with Gasteiger partial charge in [0.1, 0.15) is 0 Å². The highest BCUT2D eigenvalue weighted by Gasteiger charge is 2.05. The number of esters is 1. The van der Waals surface area contributed by atoms with E-state index < -0.39 is 0 Å². The first-order chi connectivity index (χ1) is 8.56. The SMILES string of the molecule is CCC(C)CCCC(=O)OCCCCCC(C)C. The van der Waals surface area contributed by atoms with Gasteiger partial charge in [-0.05, 0) is 24.7 Å². The lowest BCUT2D eigenvalue weighted by Gasteiger charge is -2.08. The van der Waals surface area contributed by atoms with Gasteiger partial charge in [0.05, 0.1) is 6.61 Å². The molecule has 0 radical (unpaired) electrons. The van der Waals surface area contributed by atoms with E-state index in [0.29, 0.717) is 13.0 Å². The van der Waals surface area contributed by atoms with Crippen LogP contribution in [0.3, 0.4) is 0 Å². The third kappa shape index (κ3) is 11.9. The quantitative estimate of drug-likeness (QED) is 0.385. The predicted octanol–water partition coefficient (Wildman–Crippen LogP) is 4.96. The van der Waals surface area contributed by atoms with Gasteiger partial charge in [-0.15, -0.1) is 0 Å². The maximum Gasteiger partial charge on any atom is 0.305 e. The molecule has 0 fully saturated rings.